The zero-order valence-electron chi connectivity index (χ0n) is 13.7. The van der Waals surface area contributed by atoms with Crippen molar-refractivity contribution in [2.45, 2.75) is 13.8 Å². The fourth-order valence-corrected chi connectivity index (χ4v) is 4.23. The zero-order chi connectivity index (χ0) is 17.0. The van der Waals surface area contributed by atoms with Gasteiger partial charge in [-0.15, -0.1) is 0 Å². The van der Waals surface area contributed by atoms with Crippen LogP contribution < -0.4 is 9.64 Å². The molecule has 1 saturated heterocycles. The highest BCUT2D eigenvalue weighted by atomic mass is 32.2. The van der Waals surface area contributed by atoms with Gasteiger partial charge in [0, 0.05) is 26.2 Å². The number of carbonyl (C=O) groups excluding carboxylic acids is 1. The van der Waals surface area contributed by atoms with E-state index >= 15 is 0 Å². The van der Waals surface area contributed by atoms with Crippen LogP contribution in [0.25, 0.3) is 0 Å². The van der Waals surface area contributed by atoms with Gasteiger partial charge in [-0.05, 0) is 12.1 Å². The standard InChI is InChI=1S/C15H23N3O4S/c1-4-16(5-2)23(20,21)17-10-11-18(15(19)12-17)13-8-6-7-9-14(13)22-3/h6-9H,4-5,10-12H2,1-3H3. The Hall–Kier alpha value is -1.64. The van der Waals surface area contributed by atoms with Gasteiger partial charge in [-0.2, -0.15) is 17.0 Å². The lowest BCUT2D eigenvalue weighted by Crippen LogP contribution is -2.55. The topological polar surface area (TPSA) is 70.2 Å². The predicted octanol–water partition coefficient (Wildman–Crippen LogP) is 0.930. The van der Waals surface area contributed by atoms with Gasteiger partial charge in [-0.1, -0.05) is 26.0 Å². The van der Waals surface area contributed by atoms with E-state index in [2.05, 4.69) is 0 Å². The molecule has 0 bridgehead atoms. The number of amides is 1. The molecule has 0 unspecified atom stereocenters. The largest absolute Gasteiger partial charge is 0.495 e. The fraction of sp³-hybridized carbons (Fsp3) is 0.533. The Kier molecular flexibility index (Phi) is 5.61. The second-order valence-corrected chi connectivity index (χ2v) is 7.07. The van der Waals surface area contributed by atoms with Crippen LogP contribution in [0, 0.1) is 0 Å². The summed E-state index contributed by atoms with van der Waals surface area (Å²) in [6, 6.07) is 7.23. The Morgan fingerprint density at radius 3 is 2.39 bits per heavy atom. The highest BCUT2D eigenvalue weighted by Gasteiger charge is 2.35. The Labute approximate surface area is 137 Å². The average molecular weight is 341 g/mol. The number of methoxy groups -OCH3 is 1. The summed E-state index contributed by atoms with van der Waals surface area (Å²) in [6.45, 7) is 4.76. The number of piperazine rings is 1. The first kappa shape index (κ1) is 17.7. The SMILES string of the molecule is CCN(CC)S(=O)(=O)N1CCN(c2ccccc2OC)C(=O)C1. The van der Waals surface area contributed by atoms with Crippen molar-refractivity contribution in [1.29, 1.82) is 0 Å². The van der Waals surface area contributed by atoms with Crippen LogP contribution in [0.1, 0.15) is 13.8 Å². The molecule has 0 N–H and O–H groups in total. The van der Waals surface area contributed by atoms with Crippen LogP contribution in [0.3, 0.4) is 0 Å². The maximum absolute atomic E-state index is 12.5. The summed E-state index contributed by atoms with van der Waals surface area (Å²) in [6.07, 6.45) is 0. The van der Waals surface area contributed by atoms with E-state index < -0.39 is 10.2 Å². The molecule has 2 rings (SSSR count). The molecule has 1 heterocycles. The maximum atomic E-state index is 12.5. The number of hydrogen-bond donors (Lipinski definition) is 0. The lowest BCUT2D eigenvalue weighted by molar-refractivity contribution is -0.120. The van der Waals surface area contributed by atoms with Crippen LogP contribution in [0.15, 0.2) is 24.3 Å². The molecular weight excluding hydrogens is 318 g/mol. The van der Waals surface area contributed by atoms with Crippen LogP contribution in [-0.2, 0) is 15.0 Å². The number of ether oxygens (including phenoxy) is 1. The van der Waals surface area contributed by atoms with Gasteiger partial charge in [0.1, 0.15) is 5.75 Å². The Balaban J connectivity index is 2.19. The predicted molar refractivity (Wildman–Crippen MR) is 88.8 cm³/mol. The molecule has 23 heavy (non-hydrogen) atoms. The Morgan fingerprint density at radius 1 is 1.17 bits per heavy atom. The number of rotatable bonds is 6. The second kappa shape index (κ2) is 7.29. The number of benzene rings is 1. The quantitative estimate of drug-likeness (QED) is 0.772. The first-order valence-electron chi connectivity index (χ1n) is 7.64. The van der Waals surface area contributed by atoms with E-state index in [1.54, 1.807) is 38.0 Å². The minimum atomic E-state index is -3.59. The second-order valence-electron chi connectivity index (χ2n) is 5.14. The van der Waals surface area contributed by atoms with Gasteiger partial charge in [0.25, 0.3) is 10.2 Å². The van der Waals surface area contributed by atoms with E-state index in [0.29, 0.717) is 31.1 Å². The van der Waals surface area contributed by atoms with Crippen molar-refractivity contribution in [1.82, 2.24) is 8.61 Å². The molecule has 0 saturated carbocycles. The van der Waals surface area contributed by atoms with E-state index in [4.69, 9.17) is 4.74 Å². The molecule has 8 heteroatoms. The summed E-state index contributed by atoms with van der Waals surface area (Å²) in [5.41, 5.74) is 0.667. The van der Waals surface area contributed by atoms with Crippen molar-refractivity contribution in [3.8, 4) is 5.75 Å². The molecule has 0 aliphatic carbocycles. The van der Waals surface area contributed by atoms with Crippen molar-refractivity contribution in [3.63, 3.8) is 0 Å². The third-order valence-electron chi connectivity index (χ3n) is 3.92. The zero-order valence-corrected chi connectivity index (χ0v) is 14.5. The van der Waals surface area contributed by atoms with Gasteiger partial charge in [0.2, 0.25) is 5.91 Å². The molecule has 1 fully saturated rings. The fourth-order valence-electron chi connectivity index (χ4n) is 2.67. The van der Waals surface area contributed by atoms with Gasteiger partial charge in [-0.3, -0.25) is 4.79 Å². The molecule has 1 aromatic rings. The minimum Gasteiger partial charge on any atom is -0.495 e. The third kappa shape index (κ3) is 3.49. The maximum Gasteiger partial charge on any atom is 0.282 e. The van der Waals surface area contributed by atoms with Gasteiger partial charge >= 0.3 is 0 Å². The number of carbonyl (C=O) groups is 1. The molecule has 1 aliphatic rings. The lowest BCUT2D eigenvalue weighted by Gasteiger charge is -2.36. The van der Waals surface area contributed by atoms with Gasteiger partial charge in [0.15, 0.2) is 0 Å². The van der Waals surface area contributed by atoms with Crippen LogP contribution >= 0.6 is 0 Å². The van der Waals surface area contributed by atoms with Crippen molar-refractivity contribution in [2.75, 3.05) is 44.7 Å². The van der Waals surface area contributed by atoms with Crippen molar-refractivity contribution >= 4 is 21.8 Å². The van der Waals surface area contributed by atoms with E-state index in [0.717, 1.165) is 0 Å². The number of hydrogen-bond acceptors (Lipinski definition) is 4. The molecular formula is C15H23N3O4S. The number of nitrogens with zero attached hydrogens (tertiary/aromatic N) is 3. The smallest absolute Gasteiger partial charge is 0.282 e. The Bertz CT molecular complexity index is 658. The van der Waals surface area contributed by atoms with E-state index in [1.165, 1.54) is 8.61 Å². The monoisotopic (exact) mass is 341 g/mol. The number of anilines is 1. The summed E-state index contributed by atoms with van der Waals surface area (Å²) in [4.78, 5) is 14.0. The van der Waals surface area contributed by atoms with E-state index in [1.807, 2.05) is 12.1 Å². The molecule has 7 nitrogen and oxygen atoms in total. The highest BCUT2D eigenvalue weighted by molar-refractivity contribution is 7.86. The average Bonchev–Trinajstić information content (AvgIpc) is 2.55. The molecule has 1 aliphatic heterocycles. The third-order valence-corrected chi connectivity index (χ3v) is 6.05. The first-order valence-corrected chi connectivity index (χ1v) is 9.04. The van der Waals surface area contributed by atoms with E-state index in [9.17, 15) is 13.2 Å². The van der Waals surface area contributed by atoms with Crippen molar-refractivity contribution in [2.24, 2.45) is 0 Å². The van der Waals surface area contributed by atoms with Crippen molar-refractivity contribution < 1.29 is 17.9 Å². The van der Waals surface area contributed by atoms with Crippen LogP contribution in [0.5, 0.6) is 5.75 Å². The molecule has 0 atom stereocenters. The summed E-state index contributed by atoms with van der Waals surface area (Å²) < 4.78 is 32.9. The summed E-state index contributed by atoms with van der Waals surface area (Å²) >= 11 is 0. The molecule has 0 radical (unpaired) electrons. The molecule has 0 aromatic heterocycles. The lowest BCUT2D eigenvalue weighted by atomic mass is 10.2. The molecule has 1 aromatic carbocycles. The van der Waals surface area contributed by atoms with Crippen molar-refractivity contribution in [3.05, 3.63) is 24.3 Å². The van der Waals surface area contributed by atoms with Crippen LogP contribution in [0.4, 0.5) is 5.69 Å². The highest BCUT2D eigenvalue weighted by Crippen LogP contribution is 2.29. The van der Waals surface area contributed by atoms with Gasteiger partial charge < -0.3 is 9.64 Å². The van der Waals surface area contributed by atoms with Gasteiger partial charge in [0.05, 0.1) is 19.3 Å². The summed E-state index contributed by atoms with van der Waals surface area (Å²) in [5, 5.41) is 0. The molecule has 128 valence electrons. The van der Waals surface area contributed by atoms with E-state index in [-0.39, 0.29) is 19.0 Å². The summed E-state index contributed by atoms with van der Waals surface area (Å²) in [7, 11) is -2.04. The minimum absolute atomic E-state index is 0.156. The first-order chi connectivity index (χ1) is 11.0. The number of para-hydroxylation sites is 2. The normalized spacial score (nSPS) is 16.9. The summed E-state index contributed by atoms with van der Waals surface area (Å²) in [5.74, 6) is 0.345. The molecule has 1 amide bonds. The molecule has 0 spiro atoms. The van der Waals surface area contributed by atoms with Crippen LogP contribution in [0.2, 0.25) is 0 Å². The van der Waals surface area contributed by atoms with Crippen LogP contribution in [-0.4, -0.2) is 62.8 Å². The Morgan fingerprint density at radius 2 is 1.83 bits per heavy atom. The van der Waals surface area contributed by atoms with Gasteiger partial charge in [-0.25, -0.2) is 0 Å².